The topological polar surface area (TPSA) is 79.2 Å². The smallest absolute Gasteiger partial charge is 0.206 e. The van der Waals surface area contributed by atoms with Gasteiger partial charge in [0.15, 0.2) is 5.75 Å². The zero-order chi connectivity index (χ0) is 25.1. The first-order valence-electron chi connectivity index (χ1n) is 12.2. The second-order valence-corrected chi connectivity index (χ2v) is 10.2. The molecule has 0 saturated carbocycles. The summed E-state index contributed by atoms with van der Waals surface area (Å²) in [6.07, 6.45) is 2.51. The number of hydrogen-bond donors (Lipinski definition) is 2. The van der Waals surface area contributed by atoms with Gasteiger partial charge in [0.2, 0.25) is 5.78 Å². The minimum atomic E-state index is -0.210. The molecule has 5 rings (SSSR count). The Hall–Kier alpha value is -3.55. The molecule has 0 amide bonds. The van der Waals surface area contributed by atoms with Gasteiger partial charge in [-0.1, -0.05) is 13.3 Å². The molecule has 1 atom stereocenters. The average Bonchev–Trinajstić information content (AvgIpc) is 3.49. The fourth-order valence-corrected chi connectivity index (χ4v) is 5.65. The minimum absolute atomic E-state index is 0.0946. The predicted octanol–water partition coefficient (Wildman–Crippen LogP) is 6.45. The molecule has 36 heavy (non-hydrogen) atoms. The molecule has 1 fully saturated rings. The lowest BCUT2D eigenvalue weighted by Crippen LogP contribution is -2.26. The first-order chi connectivity index (χ1) is 17.5. The van der Waals surface area contributed by atoms with Gasteiger partial charge in [-0.25, -0.2) is 0 Å². The number of fused-ring (bicyclic) bond motifs is 1. The number of phenols is 2. The number of rotatable bonds is 9. The normalized spacial score (nSPS) is 15.9. The van der Waals surface area contributed by atoms with E-state index in [4.69, 9.17) is 9.47 Å². The maximum absolute atomic E-state index is 13.3. The number of nitrogens with zero attached hydrogens (tertiary/aromatic N) is 1. The van der Waals surface area contributed by atoms with Gasteiger partial charge in [0.05, 0.1) is 0 Å². The zero-order valence-corrected chi connectivity index (χ0v) is 21.0. The highest BCUT2D eigenvalue weighted by molar-refractivity contribution is 7.21. The molecule has 7 heteroatoms. The Labute approximate surface area is 214 Å². The quantitative estimate of drug-likeness (QED) is 0.256. The maximum Gasteiger partial charge on any atom is 0.206 e. The summed E-state index contributed by atoms with van der Waals surface area (Å²) in [4.78, 5) is 16.2. The van der Waals surface area contributed by atoms with Crippen molar-refractivity contribution >= 4 is 27.2 Å². The van der Waals surface area contributed by atoms with Gasteiger partial charge in [-0.3, -0.25) is 9.69 Å². The summed E-state index contributed by atoms with van der Waals surface area (Å²) < 4.78 is 12.9. The highest BCUT2D eigenvalue weighted by Crippen LogP contribution is 2.43. The number of aromatic hydroxyl groups is 2. The Balaban J connectivity index is 1.32. The molecule has 1 aliphatic heterocycles. The van der Waals surface area contributed by atoms with Crippen molar-refractivity contribution in [3.63, 3.8) is 0 Å². The Morgan fingerprint density at radius 3 is 2.44 bits per heavy atom. The summed E-state index contributed by atoms with van der Waals surface area (Å²) in [7, 11) is 0. The van der Waals surface area contributed by atoms with Crippen LogP contribution in [0.15, 0.2) is 66.7 Å². The van der Waals surface area contributed by atoms with Crippen molar-refractivity contribution < 1.29 is 24.5 Å². The van der Waals surface area contributed by atoms with E-state index >= 15 is 0 Å². The Morgan fingerprint density at radius 1 is 1.00 bits per heavy atom. The lowest BCUT2D eigenvalue weighted by Gasteiger charge is -2.16. The standard InChI is InChI=1S/C29H29NO5S/c1-2-19-13-14-30(18-19)15-16-34-23-8-10-24(11-9-23)35-28-25-12-7-22(32)17-26(25)36-29(28)27(33)20-3-5-21(31)6-4-20/h3-12,17,19,31-32H,2,13-16,18H2,1H3/t19-/m1/s1. The van der Waals surface area contributed by atoms with Crippen LogP contribution in [-0.2, 0) is 0 Å². The van der Waals surface area contributed by atoms with Gasteiger partial charge in [0.1, 0.15) is 34.5 Å². The number of hydrogen-bond acceptors (Lipinski definition) is 7. The third kappa shape index (κ3) is 5.32. The second-order valence-electron chi connectivity index (χ2n) is 9.10. The van der Waals surface area contributed by atoms with E-state index in [0.717, 1.165) is 41.4 Å². The molecular formula is C29H29NO5S. The van der Waals surface area contributed by atoms with Crippen molar-refractivity contribution in [1.82, 2.24) is 4.90 Å². The summed E-state index contributed by atoms with van der Waals surface area (Å²) >= 11 is 1.27. The summed E-state index contributed by atoms with van der Waals surface area (Å²) in [6, 6.07) is 18.5. The highest BCUT2D eigenvalue weighted by atomic mass is 32.1. The van der Waals surface area contributed by atoms with E-state index < -0.39 is 0 Å². The van der Waals surface area contributed by atoms with E-state index in [-0.39, 0.29) is 17.3 Å². The SMILES string of the molecule is CC[C@@H]1CCN(CCOc2ccc(Oc3c(C(=O)c4ccc(O)cc4)sc4cc(O)ccc34)cc2)C1. The van der Waals surface area contributed by atoms with Crippen LogP contribution in [0.25, 0.3) is 10.1 Å². The number of ether oxygens (including phenoxy) is 2. The van der Waals surface area contributed by atoms with Crippen molar-refractivity contribution in [3.05, 3.63) is 77.2 Å². The maximum atomic E-state index is 13.3. The third-order valence-electron chi connectivity index (χ3n) is 6.63. The van der Waals surface area contributed by atoms with Crippen LogP contribution >= 0.6 is 11.3 Å². The van der Waals surface area contributed by atoms with Crippen LogP contribution in [-0.4, -0.2) is 47.1 Å². The van der Waals surface area contributed by atoms with Gasteiger partial charge in [-0.2, -0.15) is 0 Å². The molecule has 0 bridgehead atoms. The monoisotopic (exact) mass is 503 g/mol. The molecular weight excluding hydrogens is 474 g/mol. The number of phenolic OH excluding ortho intramolecular Hbond substituents is 2. The van der Waals surface area contributed by atoms with Crippen molar-refractivity contribution in [1.29, 1.82) is 0 Å². The zero-order valence-electron chi connectivity index (χ0n) is 20.1. The van der Waals surface area contributed by atoms with Crippen molar-refractivity contribution in [2.24, 2.45) is 5.92 Å². The summed E-state index contributed by atoms with van der Waals surface area (Å²) in [5, 5.41) is 20.3. The van der Waals surface area contributed by atoms with Gasteiger partial charge in [0.25, 0.3) is 0 Å². The number of carbonyl (C=O) groups is 1. The van der Waals surface area contributed by atoms with Gasteiger partial charge >= 0.3 is 0 Å². The summed E-state index contributed by atoms with van der Waals surface area (Å²) in [5.41, 5.74) is 0.445. The third-order valence-corrected chi connectivity index (χ3v) is 7.76. The van der Waals surface area contributed by atoms with Crippen LogP contribution in [0.5, 0.6) is 28.7 Å². The molecule has 2 heterocycles. The molecule has 1 saturated heterocycles. The lowest BCUT2D eigenvalue weighted by atomic mass is 10.1. The van der Waals surface area contributed by atoms with E-state index in [1.54, 1.807) is 30.3 Å². The van der Waals surface area contributed by atoms with Crippen molar-refractivity contribution in [2.75, 3.05) is 26.2 Å². The Kier molecular flexibility index (Phi) is 7.11. The van der Waals surface area contributed by atoms with Crippen LogP contribution < -0.4 is 9.47 Å². The van der Waals surface area contributed by atoms with Crippen molar-refractivity contribution in [2.45, 2.75) is 19.8 Å². The number of thiophene rings is 1. The lowest BCUT2D eigenvalue weighted by molar-refractivity contribution is 0.104. The van der Waals surface area contributed by atoms with E-state index in [2.05, 4.69) is 11.8 Å². The molecule has 1 aliphatic rings. The minimum Gasteiger partial charge on any atom is -0.508 e. The van der Waals surface area contributed by atoms with E-state index in [0.29, 0.717) is 28.5 Å². The molecule has 0 aliphatic carbocycles. The molecule has 0 radical (unpaired) electrons. The molecule has 0 spiro atoms. The fourth-order valence-electron chi connectivity index (χ4n) is 4.52. The molecule has 3 aromatic carbocycles. The Morgan fingerprint density at radius 2 is 1.72 bits per heavy atom. The Bertz CT molecular complexity index is 1350. The van der Waals surface area contributed by atoms with Crippen LogP contribution in [0, 0.1) is 5.92 Å². The molecule has 186 valence electrons. The molecule has 6 nitrogen and oxygen atoms in total. The molecule has 1 aromatic heterocycles. The van der Waals surface area contributed by atoms with Gasteiger partial charge in [0, 0.05) is 28.7 Å². The van der Waals surface area contributed by atoms with Crippen molar-refractivity contribution in [3.8, 4) is 28.7 Å². The van der Waals surface area contributed by atoms with Crippen LogP contribution in [0.2, 0.25) is 0 Å². The first-order valence-corrected chi connectivity index (χ1v) is 13.0. The molecule has 0 unspecified atom stereocenters. The number of ketones is 1. The molecule has 2 N–H and O–H groups in total. The number of benzene rings is 3. The highest BCUT2D eigenvalue weighted by Gasteiger charge is 2.23. The van der Waals surface area contributed by atoms with E-state index in [1.807, 2.05) is 24.3 Å². The fraction of sp³-hybridized carbons (Fsp3) is 0.276. The molecule has 4 aromatic rings. The van der Waals surface area contributed by atoms with Crippen LogP contribution in [0.3, 0.4) is 0 Å². The van der Waals surface area contributed by atoms with Crippen LogP contribution in [0.4, 0.5) is 0 Å². The van der Waals surface area contributed by atoms with Crippen LogP contribution in [0.1, 0.15) is 35.0 Å². The largest absolute Gasteiger partial charge is 0.508 e. The van der Waals surface area contributed by atoms with Gasteiger partial charge < -0.3 is 19.7 Å². The van der Waals surface area contributed by atoms with E-state index in [9.17, 15) is 15.0 Å². The summed E-state index contributed by atoms with van der Waals surface area (Å²) in [5.74, 6) is 2.62. The second kappa shape index (κ2) is 10.6. The first kappa shape index (κ1) is 24.2. The van der Waals surface area contributed by atoms with Gasteiger partial charge in [-0.05, 0) is 85.6 Å². The van der Waals surface area contributed by atoms with Gasteiger partial charge in [-0.15, -0.1) is 11.3 Å². The number of carbonyl (C=O) groups excluding carboxylic acids is 1. The summed E-state index contributed by atoms with van der Waals surface area (Å²) in [6.45, 7) is 6.12. The predicted molar refractivity (Wildman–Crippen MR) is 142 cm³/mol. The number of likely N-dealkylation sites (tertiary alicyclic amines) is 1. The average molecular weight is 504 g/mol. The van der Waals surface area contributed by atoms with E-state index in [1.165, 1.54) is 36.3 Å².